The molecule has 9 heteroatoms. The van der Waals surface area contributed by atoms with Gasteiger partial charge in [-0.05, 0) is 49.2 Å². The molecule has 6 rings (SSSR count). The Morgan fingerprint density at radius 2 is 1.80 bits per heavy atom. The van der Waals surface area contributed by atoms with Crippen LogP contribution in [-0.2, 0) is 16.1 Å². The quantitative estimate of drug-likeness (QED) is 0.171. The molecular weight excluding hydrogens is 638 g/mol. The van der Waals surface area contributed by atoms with E-state index in [9.17, 15) is 9.59 Å². The Labute approximate surface area is 267 Å². The first-order chi connectivity index (χ1) is 21.4. The molecule has 1 aliphatic rings. The fourth-order valence-corrected chi connectivity index (χ4v) is 7.03. The number of halogens is 1. The van der Waals surface area contributed by atoms with Crippen molar-refractivity contribution in [1.29, 1.82) is 0 Å². The van der Waals surface area contributed by atoms with Gasteiger partial charge in [0.15, 0.2) is 4.80 Å². The van der Waals surface area contributed by atoms with Crippen LogP contribution in [0.1, 0.15) is 49.4 Å². The second-order valence-electron chi connectivity index (χ2n) is 10.5. The lowest BCUT2D eigenvalue weighted by Gasteiger charge is -2.26. The number of ether oxygens (including phenoxy) is 2. The molecule has 3 aromatic carbocycles. The topological polar surface area (TPSA) is 74.8 Å². The molecule has 44 heavy (non-hydrogen) atoms. The lowest BCUT2D eigenvalue weighted by molar-refractivity contribution is -0.139. The van der Waals surface area contributed by atoms with E-state index in [1.807, 2.05) is 61.5 Å². The van der Waals surface area contributed by atoms with Crippen molar-refractivity contribution in [3.8, 4) is 5.75 Å². The maximum Gasteiger partial charge on any atom is 0.338 e. The van der Waals surface area contributed by atoms with Crippen LogP contribution in [0.5, 0.6) is 5.75 Å². The van der Waals surface area contributed by atoms with Gasteiger partial charge in [0.2, 0.25) is 0 Å². The third-order valence-electron chi connectivity index (χ3n) is 7.70. The van der Waals surface area contributed by atoms with Gasteiger partial charge in [0, 0.05) is 39.2 Å². The summed E-state index contributed by atoms with van der Waals surface area (Å²) in [5, 5.41) is 1.05. The van der Waals surface area contributed by atoms with Crippen molar-refractivity contribution < 1.29 is 14.3 Å². The SMILES string of the molecule is CCCC1=C(C(=O)OCC)[C@H](c2ccccc2OC)n2c(s/c(=C/c3cn(Cc4ccc(Br)cc4)c4ccccc34)c2=O)=N1. The number of nitrogens with zero attached hydrogens (tertiary/aromatic N) is 3. The normalized spacial score (nSPS) is 14.9. The highest BCUT2D eigenvalue weighted by atomic mass is 79.9. The van der Waals surface area contributed by atoms with E-state index in [1.165, 1.54) is 16.9 Å². The average Bonchev–Trinajstić information content (AvgIpc) is 3.54. The van der Waals surface area contributed by atoms with Crippen molar-refractivity contribution in [2.24, 2.45) is 4.99 Å². The van der Waals surface area contributed by atoms with Gasteiger partial charge < -0.3 is 14.0 Å². The Morgan fingerprint density at radius 3 is 2.55 bits per heavy atom. The smallest absolute Gasteiger partial charge is 0.338 e. The van der Waals surface area contributed by atoms with Crippen LogP contribution in [0.15, 0.2) is 105 Å². The van der Waals surface area contributed by atoms with Crippen LogP contribution in [0.4, 0.5) is 0 Å². The highest BCUT2D eigenvalue weighted by Gasteiger charge is 2.35. The summed E-state index contributed by atoms with van der Waals surface area (Å²) in [5.41, 5.74) is 4.70. The van der Waals surface area contributed by atoms with Gasteiger partial charge in [-0.3, -0.25) is 9.36 Å². The van der Waals surface area contributed by atoms with Gasteiger partial charge >= 0.3 is 5.97 Å². The monoisotopic (exact) mass is 669 g/mol. The standard InChI is InChI=1S/C35H32BrN3O4S/c1-4-10-27-31(34(41)43-5-2)32(26-12-7-9-14-29(26)42-3)39-33(40)30(44-35(39)37-27)19-23-21-38(28-13-8-6-11-25(23)28)20-22-15-17-24(36)18-16-22/h6-9,11-19,21,32H,4-5,10,20H2,1-3H3/b30-19+/t32-/m0/s1. The predicted molar refractivity (Wildman–Crippen MR) is 178 cm³/mol. The second-order valence-corrected chi connectivity index (χ2v) is 12.4. The number of carbonyl (C=O) groups is 1. The molecule has 5 aromatic rings. The summed E-state index contributed by atoms with van der Waals surface area (Å²) in [6.07, 6.45) is 5.40. The number of para-hydroxylation sites is 2. The van der Waals surface area contributed by atoms with E-state index in [-0.39, 0.29) is 12.2 Å². The average molecular weight is 671 g/mol. The minimum Gasteiger partial charge on any atom is -0.496 e. The summed E-state index contributed by atoms with van der Waals surface area (Å²) in [5.74, 6) is 0.114. The van der Waals surface area contributed by atoms with E-state index >= 15 is 0 Å². The molecular formula is C35H32BrN3O4S. The first-order valence-electron chi connectivity index (χ1n) is 14.6. The summed E-state index contributed by atoms with van der Waals surface area (Å²) in [6.45, 7) is 4.73. The van der Waals surface area contributed by atoms with Crippen LogP contribution in [0.2, 0.25) is 0 Å². The zero-order chi connectivity index (χ0) is 30.8. The Morgan fingerprint density at radius 1 is 1.05 bits per heavy atom. The summed E-state index contributed by atoms with van der Waals surface area (Å²) in [4.78, 5) is 33.3. The molecule has 0 spiro atoms. The lowest BCUT2D eigenvalue weighted by Crippen LogP contribution is -2.40. The number of aromatic nitrogens is 2. The van der Waals surface area contributed by atoms with Gasteiger partial charge in [-0.15, -0.1) is 0 Å². The summed E-state index contributed by atoms with van der Waals surface area (Å²) in [6, 6.07) is 23.2. The molecule has 2 aromatic heterocycles. The molecule has 0 unspecified atom stereocenters. The maximum absolute atomic E-state index is 14.3. The first-order valence-corrected chi connectivity index (χ1v) is 16.2. The largest absolute Gasteiger partial charge is 0.496 e. The summed E-state index contributed by atoms with van der Waals surface area (Å²) < 4.78 is 16.6. The number of allylic oxidation sites excluding steroid dienone is 1. The van der Waals surface area contributed by atoms with Gasteiger partial charge in [-0.1, -0.05) is 89.1 Å². The minimum atomic E-state index is -0.733. The third-order valence-corrected chi connectivity index (χ3v) is 9.21. The number of rotatable bonds is 9. The van der Waals surface area contributed by atoms with Crippen LogP contribution in [-0.4, -0.2) is 28.8 Å². The van der Waals surface area contributed by atoms with E-state index in [4.69, 9.17) is 14.5 Å². The molecule has 0 saturated heterocycles. The zero-order valence-corrected chi connectivity index (χ0v) is 27.2. The van der Waals surface area contributed by atoms with Crippen molar-refractivity contribution in [3.05, 3.63) is 131 Å². The maximum atomic E-state index is 14.3. The number of thiazole rings is 1. The summed E-state index contributed by atoms with van der Waals surface area (Å²) in [7, 11) is 1.59. The number of benzene rings is 3. The molecule has 3 heterocycles. The van der Waals surface area contributed by atoms with Gasteiger partial charge in [0.05, 0.1) is 29.5 Å². The fourth-order valence-electron chi connectivity index (χ4n) is 5.76. The highest BCUT2D eigenvalue weighted by molar-refractivity contribution is 9.10. The molecule has 7 nitrogen and oxygen atoms in total. The lowest BCUT2D eigenvalue weighted by atomic mass is 9.93. The molecule has 0 fully saturated rings. The number of carbonyl (C=O) groups excluding carboxylic acids is 1. The van der Waals surface area contributed by atoms with Crippen LogP contribution in [0.25, 0.3) is 17.0 Å². The van der Waals surface area contributed by atoms with E-state index in [1.54, 1.807) is 18.6 Å². The van der Waals surface area contributed by atoms with Crippen molar-refractivity contribution in [2.45, 2.75) is 39.3 Å². The van der Waals surface area contributed by atoms with Crippen molar-refractivity contribution in [3.63, 3.8) is 0 Å². The highest BCUT2D eigenvalue weighted by Crippen LogP contribution is 2.37. The number of fused-ring (bicyclic) bond motifs is 2. The van der Waals surface area contributed by atoms with Gasteiger partial charge in [-0.2, -0.15) is 0 Å². The summed E-state index contributed by atoms with van der Waals surface area (Å²) >= 11 is 4.85. The molecule has 224 valence electrons. The number of esters is 1. The molecule has 0 aliphatic carbocycles. The molecule has 0 radical (unpaired) electrons. The van der Waals surface area contributed by atoms with E-state index in [2.05, 4.69) is 51.0 Å². The Hall–Kier alpha value is -4.21. The van der Waals surface area contributed by atoms with Crippen LogP contribution in [0, 0.1) is 0 Å². The molecule has 1 aliphatic heterocycles. The molecule has 0 saturated carbocycles. The Balaban J connectivity index is 1.55. The molecule has 0 amide bonds. The van der Waals surface area contributed by atoms with Gasteiger partial charge in [0.1, 0.15) is 11.8 Å². The number of methoxy groups -OCH3 is 1. The number of hydrogen-bond acceptors (Lipinski definition) is 6. The van der Waals surface area contributed by atoms with Crippen LogP contribution < -0.4 is 19.6 Å². The minimum absolute atomic E-state index is 0.216. The predicted octanol–water partition coefficient (Wildman–Crippen LogP) is 6.35. The number of hydrogen-bond donors (Lipinski definition) is 0. The third kappa shape index (κ3) is 5.57. The van der Waals surface area contributed by atoms with Crippen LogP contribution in [0.3, 0.4) is 0 Å². The molecule has 0 N–H and O–H groups in total. The first kappa shape index (κ1) is 29.8. The van der Waals surface area contributed by atoms with Crippen LogP contribution >= 0.6 is 27.3 Å². The zero-order valence-electron chi connectivity index (χ0n) is 24.7. The van der Waals surface area contributed by atoms with E-state index in [0.29, 0.717) is 44.9 Å². The van der Waals surface area contributed by atoms with E-state index in [0.717, 1.165) is 27.4 Å². The fraction of sp³-hybridized carbons (Fsp3) is 0.229. The Kier molecular flexibility index (Phi) is 8.68. The van der Waals surface area contributed by atoms with Crippen molar-refractivity contribution >= 4 is 50.2 Å². The molecule has 0 bridgehead atoms. The molecule has 1 atom stereocenters. The van der Waals surface area contributed by atoms with E-state index < -0.39 is 12.0 Å². The second kappa shape index (κ2) is 12.8. The van der Waals surface area contributed by atoms with Crippen molar-refractivity contribution in [2.75, 3.05) is 13.7 Å². The van der Waals surface area contributed by atoms with Gasteiger partial charge in [0.25, 0.3) is 5.56 Å². The Bertz CT molecular complexity index is 2070. The van der Waals surface area contributed by atoms with Gasteiger partial charge in [-0.25, -0.2) is 9.79 Å². The van der Waals surface area contributed by atoms with Crippen molar-refractivity contribution in [1.82, 2.24) is 9.13 Å².